The summed E-state index contributed by atoms with van der Waals surface area (Å²) in [6.07, 6.45) is 4.73. The summed E-state index contributed by atoms with van der Waals surface area (Å²) in [6, 6.07) is 10.9. The number of nitrogens with zero attached hydrogens (tertiary/aromatic N) is 2. The quantitative estimate of drug-likeness (QED) is 0.808. The molecule has 1 aromatic heterocycles. The van der Waals surface area contributed by atoms with Crippen molar-refractivity contribution in [1.82, 2.24) is 9.88 Å². The number of hydrogen-bond donors (Lipinski definition) is 0. The van der Waals surface area contributed by atoms with Gasteiger partial charge in [0.2, 0.25) is 5.78 Å². The molecule has 1 atom stereocenters. The van der Waals surface area contributed by atoms with Gasteiger partial charge in [0.1, 0.15) is 6.26 Å². The number of hydrogen-bond acceptors (Lipinski definition) is 4. The monoisotopic (exact) mass is 284 g/mol. The second kappa shape index (κ2) is 6.22. The standard InChI is InChI=1S/C17H20N2O2/c1-13(14-5-3-2-4-6-14)19-10-7-15(8-11-19)16(20)17-18-9-12-21-17/h2-6,9,12-13,15H,7-8,10-11H2,1H3. The summed E-state index contributed by atoms with van der Waals surface area (Å²) in [5.41, 5.74) is 1.33. The second-order valence-corrected chi connectivity index (χ2v) is 5.60. The van der Waals surface area contributed by atoms with Crippen LogP contribution in [0.15, 0.2) is 47.2 Å². The van der Waals surface area contributed by atoms with Gasteiger partial charge in [-0.1, -0.05) is 30.3 Å². The molecule has 1 aliphatic rings. The molecule has 0 saturated carbocycles. The van der Waals surface area contributed by atoms with Crippen LogP contribution in [0.2, 0.25) is 0 Å². The summed E-state index contributed by atoms with van der Waals surface area (Å²) >= 11 is 0. The van der Waals surface area contributed by atoms with Crippen LogP contribution in [-0.2, 0) is 0 Å². The van der Waals surface area contributed by atoms with Crippen molar-refractivity contribution in [3.05, 3.63) is 54.2 Å². The number of rotatable bonds is 4. The Bertz CT molecular complexity index is 572. The number of benzene rings is 1. The third-order valence-electron chi connectivity index (χ3n) is 4.37. The van der Waals surface area contributed by atoms with Gasteiger partial charge in [-0.25, -0.2) is 4.98 Å². The molecule has 110 valence electrons. The zero-order valence-corrected chi connectivity index (χ0v) is 12.2. The molecular formula is C17H20N2O2. The Kier molecular flexibility index (Phi) is 4.15. The molecule has 0 aliphatic carbocycles. The van der Waals surface area contributed by atoms with Crippen LogP contribution in [-0.4, -0.2) is 28.8 Å². The molecule has 2 aromatic rings. The number of ketones is 1. The average molecular weight is 284 g/mol. The molecular weight excluding hydrogens is 264 g/mol. The molecule has 4 heteroatoms. The maximum atomic E-state index is 12.2. The molecule has 1 aliphatic heterocycles. The fourth-order valence-corrected chi connectivity index (χ4v) is 3.01. The van der Waals surface area contributed by atoms with Crippen LogP contribution in [0.4, 0.5) is 0 Å². The minimum Gasteiger partial charge on any atom is -0.442 e. The number of piperidine rings is 1. The molecule has 1 saturated heterocycles. The molecule has 21 heavy (non-hydrogen) atoms. The van der Waals surface area contributed by atoms with E-state index in [1.54, 1.807) is 0 Å². The predicted molar refractivity (Wildman–Crippen MR) is 80.0 cm³/mol. The Labute approximate surface area is 124 Å². The molecule has 0 amide bonds. The Hall–Kier alpha value is -1.94. The van der Waals surface area contributed by atoms with Crippen molar-refractivity contribution in [3.8, 4) is 0 Å². The first-order valence-electron chi connectivity index (χ1n) is 7.48. The van der Waals surface area contributed by atoms with E-state index >= 15 is 0 Å². The van der Waals surface area contributed by atoms with E-state index in [9.17, 15) is 4.79 Å². The predicted octanol–water partition coefficient (Wildman–Crippen LogP) is 3.33. The summed E-state index contributed by atoms with van der Waals surface area (Å²) in [5, 5.41) is 0. The number of aromatic nitrogens is 1. The lowest BCUT2D eigenvalue weighted by atomic mass is 9.91. The van der Waals surface area contributed by atoms with E-state index in [1.165, 1.54) is 18.0 Å². The number of Topliss-reactive ketones (excluding diaryl/α,β-unsaturated/α-hetero) is 1. The summed E-state index contributed by atoms with van der Waals surface area (Å²) in [4.78, 5) is 18.6. The third kappa shape index (κ3) is 3.05. The number of oxazole rings is 1. The molecule has 0 spiro atoms. The molecule has 4 nitrogen and oxygen atoms in total. The van der Waals surface area contributed by atoms with Gasteiger partial charge < -0.3 is 4.42 Å². The van der Waals surface area contributed by atoms with Crippen molar-refractivity contribution in [2.24, 2.45) is 5.92 Å². The second-order valence-electron chi connectivity index (χ2n) is 5.60. The number of likely N-dealkylation sites (tertiary alicyclic amines) is 1. The maximum Gasteiger partial charge on any atom is 0.263 e. The third-order valence-corrected chi connectivity index (χ3v) is 4.37. The van der Waals surface area contributed by atoms with E-state index in [2.05, 4.69) is 41.1 Å². The Morgan fingerprint density at radius 1 is 1.29 bits per heavy atom. The van der Waals surface area contributed by atoms with Crippen LogP contribution in [0.5, 0.6) is 0 Å². The SMILES string of the molecule is CC(c1ccccc1)N1CCC(C(=O)c2ncco2)CC1. The van der Waals surface area contributed by atoms with Gasteiger partial charge >= 0.3 is 0 Å². The minimum absolute atomic E-state index is 0.0443. The minimum atomic E-state index is 0.0443. The largest absolute Gasteiger partial charge is 0.442 e. The first kappa shape index (κ1) is 14.0. The van der Waals surface area contributed by atoms with Crippen molar-refractivity contribution in [1.29, 1.82) is 0 Å². The Morgan fingerprint density at radius 3 is 2.62 bits per heavy atom. The zero-order chi connectivity index (χ0) is 14.7. The fraction of sp³-hybridized carbons (Fsp3) is 0.412. The lowest BCUT2D eigenvalue weighted by Gasteiger charge is -2.35. The van der Waals surface area contributed by atoms with Crippen LogP contribution < -0.4 is 0 Å². The van der Waals surface area contributed by atoms with Gasteiger partial charge in [-0.2, -0.15) is 0 Å². The van der Waals surface area contributed by atoms with Gasteiger partial charge in [0, 0.05) is 12.0 Å². The normalized spacial score (nSPS) is 18.5. The number of carbonyl (C=O) groups is 1. The molecule has 3 rings (SSSR count). The van der Waals surface area contributed by atoms with Crippen molar-refractivity contribution in [3.63, 3.8) is 0 Å². The molecule has 0 bridgehead atoms. The summed E-state index contributed by atoms with van der Waals surface area (Å²) in [7, 11) is 0. The highest BCUT2D eigenvalue weighted by molar-refractivity contribution is 5.93. The molecule has 2 heterocycles. The van der Waals surface area contributed by atoms with Gasteiger partial charge in [-0.15, -0.1) is 0 Å². The number of carbonyl (C=O) groups excluding carboxylic acids is 1. The highest BCUT2D eigenvalue weighted by atomic mass is 16.3. The topological polar surface area (TPSA) is 46.3 Å². The highest BCUT2D eigenvalue weighted by Crippen LogP contribution is 2.27. The van der Waals surface area contributed by atoms with Crippen LogP contribution in [0.1, 0.15) is 42.1 Å². The first-order chi connectivity index (χ1) is 10.3. The van der Waals surface area contributed by atoms with E-state index < -0.39 is 0 Å². The highest BCUT2D eigenvalue weighted by Gasteiger charge is 2.30. The Balaban J connectivity index is 1.59. The molecule has 0 N–H and O–H groups in total. The van der Waals surface area contributed by atoms with Gasteiger partial charge in [-0.05, 0) is 38.4 Å². The maximum absolute atomic E-state index is 12.2. The van der Waals surface area contributed by atoms with Crippen molar-refractivity contribution < 1.29 is 9.21 Å². The van der Waals surface area contributed by atoms with Crippen LogP contribution in [0.25, 0.3) is 0 Å². The van der Waals surface area contributed by atoms with E-state index in [1.807, 2.05) is 6.07 Å². The fourth-order valence-electron chi connectivity index (χ4n) is 3.01. The lowest BCUT2D eigenvalue weighted by Crippen LogP contribution is -2.38. The Morgan fingerprint density at radius 2 is 2.00 bits per heavy atom. The van der Waals surface area contributed by atoms with E-state index in [0.717, 1.165) is 25.9 Å². The smallest absolute Gasteiger partial charge is 0.263 e. The lowest BCUT2D eigenvalue weighted by molar-refractivity contribution is 0.0767. The average Bonchev–Trinajstić information content (AvgIpc) is 3.09. The van der Waals surface area contributed by atoms with E-state index in [-0.39, 0.29) is 17.6 Å². The zero-order valence-electron chi connectivity index (χ0n) is 12.2. The van der Waals surface area contributed by atoms with E-state index in [4.69, 9.17) is 4.42 Å². The van der Waals surface area contributed by atoms with E-state index in [0.29, 0.717) is 6.04 Å². The van der Waals surface area contributed by atoms with Gasteiger partial charge in [0.15, 0.2) is 0 Å². The van der Waals surface area contributed by atoms with Crippen LogP contribution in [0.3, 0.4) is 0 Å². The molecule has 0 radical (unpaired) electrons. The van der Waals surface area contributed by atoms with Crippen molar-refractivity contribution in [2.75, 3.05) is 13.1 Å². The van der Waals surface area contributed by atoms with Crippen LogP contribution in [0, 0.1) is 5.92 Å². The van der Waals surface area contributed by atoms with Crippen molar-refractivity contribution in [2.45, 2.75) is 25.8 Å². The van der Waals surface area contributed by atoms with Crippen molar-refractivity contribution >= 4 is 5.78 Å². The molecule has 1 unspecified atom stereocenters. The summed E-state index contributed by atoms with van der Waals surface area (Å²) < 4.78 is 5.12. The van der Waals surface area contributed by atoms with Gasteiger partial charge in [0.25, 0.3) is 5.89 Å². The molecule has 1 fully saturated rings. The summed E-state index contributed by atoms with van der Waals surface area (Å²) in [5.74, 6) is 0.347. The molecule has 1 aromatic carbocycles. The summed E-state index contributed by atoms with van der Waals surface area (Å²) in [6.45, 7) is 4.10. The first-order valence-corrected chi connectivity index (χ1v) is 7.48. The van der Waals surface area contributed by atoms with Gasteiger partial charge in [0.05, 0.1) is 6.20 Å². The van der Waals surface area contributed by atoms with Crippen LogP contribution >= 0.6 is 0 Å². The van der Waals surface area contributed by atoms with Gasteiger partial charge in [-0.3, -0.25) is 9.69 Å².